The summed E-state index contributed by atoms with van der Waals surface area (Å²) in [4.78, 5) is 4.70. The summed E-state index contributed by atoms with van der Waals surface area (Å²) in [6, 6.07) is 15.3. The quantitative estimate of drug-likeness (QED) is 0.374. The Hall–Kier alpha value is -2.98. The Labute approximate surface area is 190 Å². The summed E-state index contributed by atoms with van der Waals surface area (Å²) in [6.07, 6.45) is 3.49. The Kier molecular flexibility index (Phi) is 6.71. The van der Waals surface area contributed by atoms with Gasteiger partial charge in [-0.2, -0.15) is 5.10 Å². The number of nitrogens with one attached hydrogen (secondary N) is 1. The Bertz CT molecular complexity index is 1310. The first kappa shape index (κ1) is 22.2. The summed E-state index contributed by atoms with van der Waals surface area (Å²) in [7, 11) is -2.14. The number of benzene rings is 2. The van der Waals surface area contributed by atoms with Gasteiger partial charge in [-0.1, -0.05) is 17.7 Å². The number of hydrogen-bond donors (Lipinski definition) is 1. The van der Waals surface area contributed by atoms with Gasteiger partial charge in [-0.05, 0) is 54.1 Å². The molecule has 1 N–H and O–H groups in total. The highest BCUT2D eigenvalue weighted by Gasteiger charge is 2.15. The molecule has 0 spiro atoms. The standard InChI is InChI=1S/C22H21ClN4O4S/c1-30-8-9-31-19-11-16(14-25-32(28,29)20-5-2-4-18(23)13-20)10-17(12-19)21-15-27-22(26-21)6-3-7-24-27/h2-7,10-13,15,25H,8-9,14H2,1H3. The van der Waals surface area contributed by atoms with E-state index in [2.05, 4.69) is 14.8 Å². The van der Waals surface area contributed by atoms with Crippen LogP contribution in [0.2, 0.25) is 5.02 Å². The van der Waals surface area contributed by atoms with Crippen LogP contribution >= 0.6 is 11.6 Å². The van der Waals surface area contributed by atoms with E-state index in [-0.39, 0.29) is 11.4 Å². The summed E-state index contributed by atoms with van der Waals surface area (Å²) < 4.78 is 40.5. The molecule has 4 rings (SSSR count). The van der Waals surface area contributed by atoms with Gasteiger partial charge in [0.25, 0.3) is 0 Å². The smallest absolute Gasteiger partial charge is 0.240 e. The van der Waals surface area contributed by atoms with Gasteiger partial charge >= 0.3 is 0 Å². The number of nitrogens with zero attached hydrogens (tertiary/aromatic N) is 3. The van der Waals surface area contributed by atoms with Gasteiger partial charge in [0.2, 0.25) is 10.0 Å². The maximum Gasteiger partial charge on any atom is 0.240 e. The maximum absolute atomic E-state index is 12.7. The van der Waals surface area contributed by atoms with E-state index < -0.39 is 10.0 Å². The van der Waals surface area contributed by atoms with Crippen molar-refractivity contribution in [3.8, 4) is 17.0 Å². The van der Waals surface area contributed by atoms with Crippen LogP contribution in [0.15, 0.2) is 71.9 Å². The van der Waals surface area contributed by atoms with E-state index in [0.717, 1.165) is 5.56 Å². The van der Waals surface area contributed by atoms with Crippen molar-refractivity contribution in [3.05, 3.63) is 77.6 Å². The minimum absolute atomic E-state index is 0.0644. The number of sulfonamides is 1. The molecule has 2 heterocycles. The van der Waals surface area contributed by atoms with E-state index in [1.54, 1.807) is 36.0 Å². The average molecular weight is 473 g/mol. The summed E-state index contributed by atoms with van der Waals surface area (Å²) in [5.74, 6) is 0.585. The molecule has 2 aromatic heterocycles. The lowest BCUT2D eigenvalue weighted by atomic mass is 10.1. The van der Waals surface area contributed by atoms with Crippen LogP contribution in [0.1, 0.15) is 5.56 Å². The highest BCUT2D eigenvalue weighted by Crippen LogP contribution is 2.26. The molecule has 0 radical (unpaired) electrons. The van der Waals surface area contributed by atoms with Crippen molar-refractivity contribution in [2.24, 2.45) is 0 Å². The molecule has 0 saturated heterocycles. The Balaban J connectivity index is 1.63. The molecule has 0 amide bonds. The zero-order valence-electron chi connectivity index (χ0n) is 17.2. The molecule has 2 aromatic carbocycles. The molecule has 0 aliphatic heterocycles. The predicted molar refractivity (Wildman–Crippen MR) is 121 cm³/mol. The molecular formula is C22H21ClN4O4S. The molecule has 166 valence electrons. The number of fused-ring (bicyclic) bond motifs is 1. The number of ether oxygens (including phenoxy) is 2. The van der Waals surface area contributed by atoms with Crippen LogP contribution < -0.4 is 9.46 Å². The third-order valence-corrected chi connectivity index (χ3v) is 6.26. The van der Waals surface area contributed by atoms with Gasteiger partial charge in [-0.25, -0.2) is 22.6 Å². The molecular weight excluding hydrogens is 452 g/mol. The molecule has 0 unspecified atom stereocenters. The van der Waals surface area contributed by atoms with E-state index in [9.17, 15) is 8.42 Å². The fraction of sp³-hybridized carbons (Fsp3) is 0.182. The Morgan fingerprint density at radius 1 is 1.09 bits per heavy atom. The van der Waals surface area contributed by atoms with Crippen molar-refractivity contribution >= 4 is 27.3 Å². The summed E-state index contributed by atoms with van der Waals surface area (Å²) in [5, 5.41) is 4.60. The third-order valence-electron chi connectivity index (χ3n) is 4.63. The fourth-order valence-electron chi connectivity index (χ4n) is 3.10. The molecule has 0 fully saturated rings. The van der Waals surface area contributed by atoms with E-state index in [1.165, 1.54) is 12.1 Å². The van der Waals surface area contributed by atoms with E-state index >= 15 is 0 Å². The van der Waals surface area contributed by atoms with Crippen LogP contribution in [-0.4, -0.2) is 43.3 Å². The van der Waals surface area contributed by atoms with E-state index in [4.69, 9.17) is 21.1 Å². The summed E-state index contributed by atoms with van der Waals surface area (Å²) >= 11 is 5.94. The fourth-order valence-corrected chi connectivity index (χ4v) is 4.42. The molecule has 0 aliphatic carbocycles. The minimum Gasteiger partial charge on any atom is -0.491 e. The van der Waals surface area contributed by atoms with Crippen LogP contribution in [0.4, 0.5) is 0 Å². The number of hydrogen-bond acceptors (Lipinski definition) is 6. The van der Waals surface area contributed by atoms with Gasteiger partial charge in [0.05, 0.1) is 23.4 Å². The maximum atomic E-state index is 12.7. The second-order valence-electron chi connectivity index (χ2n) is 6.94. The van der Waals surface area contributed by atoms with E-state index in [0.29, 0.717) is 40.9 Å². The molecule has 32 heavy (non-hydrogen) atoms. The lowest BCUT2D eigenvalue weighted by molar-refractivity contribution is 0.146. The second-order valence-corrected chi connectivity index (χ2v) is 9.14. The first-order valence-electron chi connectivity index (χ1n) is 9.76. The van der Waals surface area contributed by atoms with Crippen LogP contribution in [0.25, 0.3) is 16.9 Å². The number of rotatable bonds is 9. The first-order valence-corrected chi connectivity index (χ1v) is 11.6. The van der Waals surface area contributed by atoms with Gasteiger partial charge in [0.1, 0.15) is 12.4 Å². The topological polar surface area (TPSA) is 94.8 Å². The third kappa shape index (κ3) is 5.25. The van der Waals surface area contributed by atoms with Gasteiger partial charge in [0, 0.05) is 30.4 Å². The number of methoxy groups -OCH3 is 1. The van der Waals surface area contributed by atoms with Crippen molar-refractivity contribution in [1.29, 1.82) is 0 Å². The van der Waals surface area contributed by atoms with Crippen molar-refractivity contribution in [3.63, 3.8) is 0 Å². The monoisotopic (exact) mass is 472 g/mol. The van der Waals surface area contributed by atoms with Crippen molar-refractivity contribution < 1.29 is 17.9 Å². The molecule has 0 saturated carbocycles. The lowest BCUT2D eigenvalue weighted by Gasteiger charge is -2.12. The zero-order valence-corrected chi connectivity index (χ0v) is 18.8. The second kappa shape index (κ2) is 9.66. The van der Waals surface area contributed by atoms with Crippen molar-refractivity contribution in [1.82, 2.24) is 19.3 Å². The molecule has 0 aliphatic rings. The normalized spacial score (nSPS) is 11.7. The number of aromatic nitrogens is 3. The van der Waals surface area contributed by atoms with Gasteiger partial charge in [-0.3, -0.25) is 0 Å². The molecule has 8 nitrogen and oxygen atoms in total. The Morgan fingerprint density at radius 3 is 2.75 bits per heavy atom. The minimum atomic E-state index is -3.74. The largest absolute Gasteiger partial charge is 0.491 e. The number of imidazole rings is 1. The van der Waals surface area contributed by atoms with Gasteiger partial charge in [0.15, 0.2) is 5.65 Å². The van der Waals surface area contributed by atoms with Crippen LogP contribution in [0.5, 0.6) is 5.75 Å². The van der Waals surface area contributed by atoms with Crippen LogP contribution in [-0.2, 0) is 21.3 Å². The van der Waals surface area contributed by atoms with Gasteiger partial charge in [-0.15, -0.1) is 0 Å². The molecule has 0 atom stereocenters. The van der Waals surface area contributed by atoms with Gasteiger partial charge < -0.3 is 9.47 Å². The zero-order chi connectivity index (χ0) is 22.6. The molecule has 4 aromatic rings. The van der Waals surface area contributed by atoms with E-state index in [1.807, 2.05) is 30.5 Å². The molecule has 10 heteroatoms. The van der Waals surface area contributed by atoms with Crippen LogP contribution in [0, 0.1) is 0 Å². The predicted octanol–water partition coefficient (Wildman–Crippen LogP) is 3.55. The number of halogens is 1. The van der Waals surface area contributed by atoms with Crippen LogP contribution in [0.3, 0.4) is 0 Å². The Morgan fingerprint density at radius 2 is 1.97 bits per heavy atom. The lowest BCUT2D eigenvalue weighted by Crippen LogP contribution is -2.23. The summed E-state index contributed by atoms with van der Waals surface area (Å²) in [6.45, 7) is 0.856. The van der Waals surface area contributed by atoms with Crippen molar-refractivity contribution in [2.75, 3.05) is 20.3 Å². The first-order chi connectivity index (χ1) is 15.4. The average Bonchev–Trinajstić information content (AvgIpc) is 3.22. The summed E-state index contributed by atoms with van der Waals surface area (Å²) in [5.41, 5.74) is 2.89. The highest BCUT2D eigenvalue weighted by molar-refractivity contribution is 7.89. The molecule has 0 bridgehead atoms. The SMILES string of the molecule is COCCOc1cc(CNS(=O)(=O)c2cccc(Cl)c2)cc(-c2cn3ncccc3n2)c1. The van der Waals surface area contributed by atoms with Crippen molar-refractivity contribution in [2.45, 2.75) is 11.4 Å². The highest BCUT2D eigenvalue weighted by atomic mass is 35.5.